The van der Waals surface area contributed by atoms with Crippen molar-refractivity contribution in [1.29, 1.82) is 5.26 Å². The molecule has 4 N–H and O–H groups in total. The Labute approximate surface area is 307 Å². The number of nitrogen functional groups attached to an aromatic ring is 1. The van der Waals surface area contributed by atoms with Crippen LogP contribution in [-0.4, -0.2) is 87.2 Å². The maximum Gasteiger partial charge on any atom is 0.342 e. The van der Waals surface area contributed by atoms with Gasteiger partial charge < -0.3 is 33.9 Å². The van der Waals surface area contributed by atoms with Gasteiger partial charge in [0.2, 0.25) is 5.60 Å². The highest BCUT2D eigenvalue weighted by Crippen LogP contribution is 2.48. The fourth-order valence-corrected chi connectivity index (χ4v) is 8.74. The van der Waals surface area contributed by atoms with Crippen molar-refractivity contribution in [2.45, 2.75) is 140 Å². The molecule has 0 bridgehead atoms. The molecular formula is C34H48N7O11P. The van der Waals surface area contributed by atoms with Crippen molar-refractivity contribution < 1.29 is 52.0 Å². The Hall–Kier alpha value is -4.14. The molecule has 2 saturated carbocycles. The van der Waals surface area contributed by atoms with E-state index in [1.54, 1.807) is 12.1 Å². The van der Waals surface area contributed by atoms with Crippen LogP contribution in [-0.2, 0) is 52.0 Å². The van der Waals surface area contributed by atoms with E-state index in [9.17, 15) is 29.0 Å². The van der Waals surface area contributed by atoms with E-state index in [1.165, 1.54) is 24.7 Å². The Morgan fingerprint density at radius 2 is 1.49 bits per heavy atom. The molecule has 1 aliphatic heterocycles. The van der Waals surface area contributed by atoms with Gasteiger partial charge in [-0.05, 0) is 77.3 Å². The number of aromatic nitrogens is 3. The fourth-order valence-electron chi connectivity index (χ4n) is 6.91. The maximum absolute atomic E-state index is 14.7. The summed E-state index contributed by atoms with van der Waals surface area (Å²) in [6.45, 7) is 4.21. The molecule has 290 valence electrons. The SMILES string of the molecule is CC(=O)O[C@H]1[C@H](c2ccc3c(N)ncnn23)O[C@](C#N)(COP(=O)(N[C@@H](C)C(=O)OC2CCCCC2)N[C@@H](C)C(=O)OC2CCCCC2)[C@H]1OC(C)=O. The molecule has 2 aliphatic carbocycles. The molecule has 19 heteroatoms. The number of hydrogen-bond acceptors (Lipinski definition) is 15. The lowest BCUT2D eigenvalue weighted by Gasteiger charge is -2.32. The monoisotopic (exact) mass is 761 g/mol. The second-order valence-corrected chi connectivity index (χ2v) is 15.6. The van der Waals surface area contributed by atoms with Crippen LogP contribution in [0.4, 0.5) is 5.82 Å². The zero-order valence-corrected chi connectivity index (χ0v) is 31.3. The average Bonchev–Trinajstić information content (AvgIpc) is 3.68. The van der Waals surface area contributed by atoms with Crippen LogP contribution in [0.3, 0.4) is 0 Å². The summed E-state index contributed by atoms with van der Waals surface area (Å²) in [7, 11) is -4.51. The van der Waals surface area contributed by atoms with Gasteiger partial charge in [-0.15, -0.1) is 0 Å². The molecule has 6 atom stereocenters. The number of nitrogens with two attached hydrogens (primary N) is 1. The van der Waals surface area contributed by atoms with Crippen LogP contribution in [0.25, 0.3) is 5.52 Å². The van der Waals surface area contributed by atoms with Gasteiger partial charge >= 0.3 is 31.5 Å². The third kappa shape index (κ3) is 9.70. The number of nitrogens with zero attached hydrogens (tertiary/aromatic N) is 4. The predicted molar refractivity (Wildman–Crippen MR) is 185 cm³/mol. The number of fused-ring (bicyclic) bond motifs is 1. The van der Waals surface area contributed by atoms with Crippen molar-refractivity contribution in [2.75, 3.05) is 12.3 Å². The number of carbonyl (C=O) groups excluding carboxylic acids is 4. The number of carbonyl (C=O) groups is 4. The number of esters is 4. The summed E-state index contributed by atoms with van der Waals surface area (Å²) in [4.78, 5) is 55.2. The number of anilines is 1. The summed E-state index contributed by atoms with van der Waals surface area (Å²) >= 11 is 0. The minimum atomic E-state index is -4.51. The van der Waals surface area contributed by atoms with Crippen LogP contribution in [0.5, 0.6) is 0 Å². The number of hydrogen-bond donors (Lipinski definition) is 3. The Bertz CT molecular complexity index is 1690. The lowest BCUT2D eigenvalue weighted by molar-refractivity contribution is -0.166. The molecule has 2 aromatic heterocycles. The number of nitrogens with one attached hydrogen (secondary N) is 2. The molecule has 3 aliphatic rings. The Balaban J connectivity index is 1.44. The van der Waals surface area contributed by atoms with E-state index in [-0.39, 0.29) is 23.7 Å². The van der Waals surface area contributed by atoms with Crippen molar-refractivity contribution >= 4 is 42.9 Å². The normalized spacial score (nSPS) is 25.2. The van der Waals surface area contributed by atoms with Gasteiger partial charge in [-0.3, -0.25) is 23.7 Å². The van der Waals surface area contributed by atoms with E-state index < -0.39 is 74.2 Å². The summed E-state index contributed by atoms with van der Waals surface area (Å²) in [6, 6.07) is 2.72. The van der Waals surface area contributed by atoms with Crippen LogP contribution in [0.1, 0.15) is 104 Å². The highest BCUT2D eigenvalue weighted by Gasteiger charge is 2.62. The second kappa shape index (κ2) is 17.3. The van der Waals surface area contributed by atoms with E-state index in [0.29, 0.717) is 31.2 Å². The van der Waals surface area contributed by atoms with Gasteiger partial charge in [0.1, 0.15) is 54.9 Å². The van der Waals surface area contributed by atoms with Gasteiger partial charge in [0.15, 0.2) is 18.0 Å². The minimum Gasteiger partial charge on any atom is -0.461 e. The molecule has 3 heterocycles. The first kappa shape index (κ1) is 40.1. The molecule has 0 aromatic carbocycles. The number of nitriles is 1. The average molecular weight is 762 g/mol. The van der Waals surface area contributed by atoms with Crippen molar-refractivity contribution in [3.05, 3.63) is 24.2 Å². The third-order valence-corrected chi connectivity index (χ3v) is 11.5. The summed E-state index contributed by atoms with van der Waals surface area (Å²) in [6.07, 6.45) is 4.82. The van der Waals surface area contributed by atoms with Crippen LogP contribution < -0.4 is 15.9 Å². The van der Waals surface area contributed by atoms with E-state index in [1.807, 2.05) is 6.07 Å². The smallest absolute Gasteiger partial charge is 0.342 e. The van der Waals surface area contributed by atoms with E-state index >= 15 is 0 Å². The topological polar surface area (TPSA) is 245 Å². The van der Waals surface area contributed by atoms with Gasteiger partial charge in [-0.1, -0.05) is 12.8 Å². The zero-order valence-electron chi connectivity index (χ0n) is 30.4. The first-order valence-corrected chi connectivity index (χ1v) is 19.6. The number of ether oxygens (including phenoxy) is 5. The third-order valence-electron chi connectivity index (χ3n) is 9.55. The summed E-state index contributed by atoms with van der Waals surface area (Å²) < 4.78 is 50.9. The molecular weight excluding hydrogens is 713 g/mol. The van der Waals surface area contributed by atoms with Gasteiger partial charge in [-0.2, -0.15) is 10.4 Å². The molecule has 53 heavy (non-hydrogen) atoms. The zero-order chi connectivity index (χ0) is 38.3. The standard InChI is InChI=1S/C34H48N7O11P/c1-20(32(44)50-24-11-7-5-8-12-24)39-53(46,40-21(2)33(45)51-25-13-9-6-10-14-25)47-18-34(17-35)30(49-23(4)43)29(48-22(3)42)28(52-34)26-15-16-27-31(36)37-19-38-41(26)27/h15-16,19-21,24-25,28-30H,5-14,18H2,1-4H3,(H2,36,37,38)(H2,39,40,46)/t20-,21-,28-,29-,30-,34+/m0/s1. The molecule has 0 spiro atoms. The number of rotatable bonds is 14. The molecule has 0 radical (unpaired) electrons. The van der Waals surface area contributed by atoms with E-state index in [2.05, 4.69) is 20.3 Å². The van der Waals surface area contributed by atoms with Crippen molar-refractivity contribution in [3.8, 4) is 6.07 Å². The Morgan fingerprint density at radius 1 is 0.943 bits per heavy atom. The lowest BCUT2D eigenvalue weighted by Crippen LogP contribution is -2.50. The summed E-state index contributed by atoms with van der Waals surface area (Å²) in [5.41, 5.74) is 4.39. The van der Waals surface area contributed by atoms with Crippen LogP contribution in [0.2, 0.25) is 0 Å². The van der Waals surface area contributed by atoms with E-state index in [4.69, 9.17) is 33.9 Å². The van der Waals surface area contributed by atoms with Gasteiger partial charge in [0.25, 0.3) is 0 Å². The summed E-state index contributed by atoms with van der Waals surface area (Å²) in [5.74, 6) is -2.89. The Morgan fingerprint density at radius 3 is 2.00 bits per heavy atom. The first-order chi connectivity index (χ1) is 25.2. The molecule has 2 aromatic rings. The van der Waals surface area contributed by atoms with Crippen LogP contribution in [0, 0.1) is 11.3 Å². The Kier molecular flexibility index (Phi) is 13.1. The minimum absolute atomic E-state index is 0.130. The largest absolute Gasteiger partial charge is 0.461 e. The van der Waals surface area contributed by atoms with Crippen molar-refractivity contribution in [2.24, 2.45) is 0 Å². The molecule has 0 amide bonds. The molecule has 18 nitrogen and oxygen atoms in total. The predicted octanol–water partition coefficient (Wildman–Crippen LogP) is 3.34. The quantitative estimate of drug-likeness (QED) is 0.142. The summed E-state index contributed by atoms with van der Waals surface area (Å²) in [5, 5.41) is 20.2. The highest BCUT2D eigenvalue weighted by atomic mass is 31.2. The fraction of sp³-hybridized carbons (Fsp3) is 0.676. The van der Waals surface area contributed by atoms with Gasteiger partial charge in [0, 0.05) is 13.8 Å². The lowest BCUT2D eigenvalue weighted by atomic mass is 9.95. The van der Waals surface area contributed by atoms with Crippen molar-refractivity contribution in [1.82, 2.24) is 24.8 Å². The van der Waals surface area contributed by atoms with Gasteiger partial charge in [0.05, 0.1) is 5.69 Å². The maximum atomic E-state index is 14.7. The van der Waals surface area contributed by atoms with E-state index in [0.717, 1.165) is 52.4 Å². The van der Waals surface area contributed by atoms with Crippen LogP contribution >= 0.6 is 7.67 Å². The van der Waals surface area contributed by atoms with Crippen molar-refractivity contribution in [3.63, 3.8) is 0 Å². The molecule has 0 unspecified atom stereocenters. The molecule has 1 saturated heterocycles. The first-order valence-electron chi connectivity index (χ1n) is 18.0. The second-order valence-electron chi connectivity index (χ2n) is 13.8. The highest BCUT2D eigenvalue weighted by molar-refractivity contribution is 7.54. The molecule has 3 fully saturated rings. The van der Waals surface area contributed by atoms with Gasteiger partial charge in [-0.25, -0.2) is 19.7 Å². The van der Waals surface area contributed by atoms with Crippen LogP contribution in [0.15, 0.2) is 18.5 Å². The molecule has 5 rings (SSSR count).